The number of hydrogen-bond acceptors (Lipinski definition) is 4. The number of fused-ring (bicyclic) bond motifs is 2. The molecule has 26 heavy (non-hydrogen) atoms. The van der Waals surface area contributed by atoms with E-state index in [9.17, 15) is 0 Å². The molecule has 2 aromatic carbocycles. The van der Waals surface area contributed by atoms with E-state index in [2.05, 4.69) is 46.2 Å². The van der Waals surface area contributed by atoms with Gasteiger partial charge in [-0.25, -0.2) is 0 Å². The average molecular weight is 352 g/mol. The summed E-state index contributed by atoms with van der Waals surface area (Å²) < 4.78 is 11.7. The second kappa shape index (κ2) is 6.84. The van der Waals surface area contributed by atoms with Gasteiger partial charge in [0, 0.05) is 43.8 Å². The van der Waals surface area contributed by atoms with Crippen LogP contribution in [-0.4, -0.2) is 61.8 Å². The van der Waals surface area contributed by atoms with Crippen molar-refractivity contribution in [1.29, 1.82) is 0 Å². The molecule has 3 aliphatic rings. The molecule has 1 aliphatic carbocycles. The first kappa shape index (κ1) is 16.5. The quantitative estimate of drug-likeness (QED) is 0.844. The van der Waals surface area contributed by atoms with Crippen molar-refractivity contribution in [2.45, 2.75) is 31.5 Å². The van der Waals surface area contributed by atoms with Crippen LogP contribution in [0.15, 0.2) is 36.4 Å². The van der Waals surface area contributed by atoms with Gasteiger partial charge < -0.3 is 9.47 Å². The zero-order valence-corrected chi connectivity index (χ0v) is 15.6. The molecule has 5 rings (SSSR count). The predicted molar refractivity (Wildman–Crippen MR) is 104 cm³/mol. The summed E-state index contributed by atoms with van der Waals surface area (Å²) in [5.74, 6) is 1.89. The van der Waals surface area contributed by atoms with Gasteiger partial charge in [-0.3, -0.25) is 9.80 Å². The zero-order chi connectivity index (χ0) is 17.5. The van der Waals surface area contributed by atoms with Gasteiger partial charge in [-0.05, 0) is 35.6 Å². The van der Waals surface area contributed by atoms with Gasteiger partial charge in [0.1, 0.15) is 5.75 Å². The van der Waals surface area contributed by atoms with Crippen molar-refractivity contribution in [1.82, 2.24) is 9.80 Å². The molecule has 4 heteroatoms. The molecule has 0 radical (unpaired) electrons. The average Bonchev–Trinajstić information content (AvgIpc) is 3.53. The summed E-state index contributed by atoms with van der Waals surface area (Å²) in [5, 5.41) is 2.60. The van der Waals surface area contributed by atoms with Crippen LogP contribution in [-0.2, 0) is 11.3 Å². The lowest BCUT2D eigenvalue weighted by molar-refractivity contribution is -0.0880. The maximum absolute atomic E-state index is 5.97. The Balaban J connectivity index is 1.37. The predicted octanol–water partition coefficient (Wildman–Crippen LogP) is 3.14. The zero-order valence-electron chi connectivity index (χ0n) is 15.6. The molecule has 3 fully saturated rings. The fourth-order valence-electron chi connectivity index (χ4n) is 4.86. The number of methoxy groups -OCH3 is 1. The number of nitrogens with zero attached hydrogens (tertiary/aromatic N) is 2. The molecule has 2 heterocycles. The van der Waals surface area contributed by atoms with Crippen LogP contribution in [0.4, 0.5) is 0 Å². The first-order valence-corrected chi connectivity index (χ1v) is 9.94. The Morgan fingerprint density at radius 1 is 1.08 bits per heavy atom. The van der Waals surface area contributed by atoms with Crippen molar-refractivity contribution in [2.24, 2.45) is 5.92 Å². The molecule has 0 amide bonds. The van der Waals surface area contributed by atoms with Crippen LogP contribution < -0.4 is 4.74 Å². The van der Waals surface area contributed by atoms with Gasteiger partial charge in [0.05, 0.1) is 20.3 Å². The molecule has 4 nitrogen and oxygen atoms in total. The fraction of sp³-hybridized carbons (Fsp3) is 0.545. The topological polar surface area (TPSA) is 24.9 Å². The van der Waals surface area contributed by atoms with Crippen molar-refractivity contribution >= 4 is 10.8 Å². The van der Waals surface area contributed by atoms with Gasteiger partial charge in [-0.1, -0.05) is 30.3 Å². The van der Waals surface area contributed by atoms with E-state index in [0.29, 0.717) is 12.1 Å². The van der Waals surface area contributed by atoms with E-state index in [4.69, 9.17) is 9.47 Å². The Labute approximate surface area is 155 Å². The normalized spacial score (nSPS) is 27.4. The molecule has 0 bridgehead atoms. The third-order valence-corrected chi connectivity index (χ3v) is 6.40. The molecule has 2 aliphatic heterocycles. The summed E-state index contributed by atoms with van der Waals surface area (Å²) in [4.78, 5) is 5.34. The maximum atomic E-state index is 5.97. The third kappa shape index (κ3) is 3.00. The molecule has 2 saturated heterocycles. The highest BCUT2D eigenvalue weighted by Gasteiger charge is 2.42. The number of piperazine rings is 1. The SMILES string of the molecule is COc1ccc2ccccc2c1CN1CCN2[C@@H](COC[C@@H]2C2CC2)C1. The molecular weight excluding hydrogens is 324 g/mol. The lowest BCUT2D eigenvalue weighted by Crippen LogP contribution is -2.62. The number of rotatable bonds is 4. The molecule has 0 spiro atoms. The van der Waals surface area contributed by atoms with Crippen LogP contribution in [0.3, 0.4) is 0 Å². The van der Waals surface area contributed by atoms with E-state index in [-0.39, 0.29) is 0 Å². The van der Waals surface area contributed by atoms with Crippen LogP contribution in [0.25, 0.3) is 10.8 Å². The summed E-state index contributed by atoms with van der Waals surface area (Å²) in [7, 11) is 1.78. The first-order valence-electron chi connectivity index (χ1n) is 9.94. The van der Waals surface area contributed by atoms with E-state index in [0.717, 1.165) is 44.5 Å². The summed E-state index contributed by atoms with van der Waals surface area (Å²) in [6.45, 7) is 6.16. The third-order valence-electron chi connectivity index (χ3n) is 6.40. The molecule has 2 aromatic rings. The van der Waals surface area contributed by atoms with E-state index in [1.807, 2.05) is 0 Å². The number of ether oxygens (including phenoxy) is 2. The smallest absolute Gasteiger partial charge is 0.123 e. The second-order valence-electron chi connectivity index (χ2n) is 8.04. The Bertz CT molecular complexity index is 789. The molecule has 0 aromatic heterocycles. The van der Waals surface area contributed by atoms with Crippen LogP contribution >= 0.6 is 0 Å². The summed E-state index contributed by atoms with van der Waals surface area (Å²) >= 11 is 0. The van der Waals surface area contributed by atoms with Crippen molar-refractivity contribution < 1.29 is 9.47 Å². The Morgan fingerprint density at radius 2 is 1.96 bits per heavy atom. The van der Waals surface area contributed by atoms with Gasteiger partial charge in [-0.2, -0.15) is 0 Å². The highest BCUT2D eigenvalue weighted by atomic mass is 16.5. The molecule has 0 N–H and O–H groups in total. The fourth-order valence-corrected chi connectivity index (χ4v) is 4.86. The summed E-state index contributed by atoms with van der Waals surface area (Å²) in [5.41, 5.74) is 1.31. The summed E-state index contributed by atoms with van der Waals surface area (Å²) in [6, 6.07) is 14.1. The molecule has 1 saturated carbocycles. The van der Waals surface area contributed by atoms with E-state index < -0.39 is 0 Å². The second-order valence-corrected chi connectivity index (χ2v) is 8.04. The van der Waals surface area contributed by atoms with E-state index in [1.54, 1.807) is 7.11 Å². The number of morpholine rings is 1. The minimum atomic E-state index is 0.545. The monoisotopic (exact) mass is 352 g/mol. The Kier molecular flexibility index (Phi) is 4.35. The number of benzene rings is 2. The highest BCUT2D eigenvalue weighted by molar-refractivity contribution is 5.87. The number of hydrogen-bond donors (Lipinski definition) is 0. The summed E-state index contributed by atoms with van der Waals surface area (Å²) in [6.07, 6.45) is 2.79. The molecular formula is C22H28N2O2. The molecule has 2 atom stereocenters. The van der Waals surface area contributed by atoms with Crippen LogP contribution in [0.5, 0.6) is 5.75 Å². The maximum Gasteiger partial charge on any atom is 0.123 e. The highest BCUT2D eigenvalue weighted by Crippen LogP contribution is 2.38. The van der Waals surface area contributed by atoms with Crippen LogP contribution in [0.1, 0.15) is 18.4 Å². The minimum absolute atomic E-state index is 0.545. The van der Waals surface area contributed by atoms with Crippen molar-refractivity contribution in [3.8, 4) is 5.75 Å². The van der Waals surface area contributed by atoms with Gasteiger partial charge in [-0.15, -0.1) is 0 Å². The Hall–Kier alpha value is -1.62. The lowest BCUT2D eigenvalue weighted by atomic mass is 10.0. The van der Waals surface area contributed by atoms with Gasteiger partial charge in [0.15, 0.2) is 0 Å². The Morgan fingerprint density at radius 3 is 2.81 bits per heavy atom. The van der Waals surface area contributed by atoms with Crippen molar-refractivity contribution in [3.63, 3.8) is 0 Å². The lowest BCUT2D eigenvalue weighted by Gasteiger charge is -2.48. The molecule has 138 valence electrons. The standard InChI is InChI=1S/C22H28N2O2/c1-25-22-9-8-16-4-2-3-5-19(16)20(22)13-23-10-11-24-18(12-23)14-26-15-21(24)17-6-7-17/h2-5,8-9,17-18,21H,6-7,10-15H2,1H3/t18-,21-/m1/s1. The van der Waals surface area contributed by atoms with Crippen molar-refractivity contribution in [2.75, 3.05) is 40.0 Å². The molecule has 0 unspecified atom stereocenters. The van der Waals surface area contributed by atoms with Crippen LogP contribution in [0.2, 0.25) is 0 Å². The van der Waals surface area contributed by atoms with Gasteiger partial charge in [0.25, 0.3) is 0 Å². The van der Waals surface area contributed by atoms with Crippen LogP contribution in [0, 0.1) is 5.92 Å². The van der Waals surface area contributed by atoms with Crippen molar-refractivity contribution in [3.05, 3.63) is 42.0 Å². The van der Waals surface area contributed by atoms with Gasteiger partial charge in [0.2, 0.25) is 0 Å². The first-order chi connectivity index (χ1) is 12.8. The van der Waals surface area contributed by atoms with E-state index >= 15 is 0 Å². The largest absolute Gasteiger partial charge is 0.496 e. The minimum Gasteiger partial charge on any atom is -0.496 e. The van der Waals surface area contributed by atoms with Gasteiger partial charge >= 0.3 is 0 Å². The van der Waals surface area contributed by atoms with E-state index in [1.165, 1.54) is 35.7 Å².